The Bertz CT molecular complexity index is 826. The molecule has 2 atom stereocenters. The minimum atomic E-state index is -0.994. The minimum Gasteiger partial charge on any atom is -0.451 e. The van der Waals surface area contributed by atoms with Crippen LogP contribution >= 0.6 is 11.3 Å². The SMILES string of the molecule is Cc1cccc(C)c1NC(=O)[C@H](C)OC(=O)[C@@H](NC(=O)c1cccs1)C(C)C. The van der Waals surface area contributed by atoms with E-state index in [0.717, 1.165) is 11.1 Å². The average Bonchev–Trinajstić information content (AvgIpc) is 3.16. The molecule has 2 rings (SSSR count). The van der Waals surface area contributed by atoms with Crippen molar-refractivity contribution in [1.29, 1.82) is 0 Å². The van der Waals surface area contributed by atoms with Crippen LogP contribution in [0.2, 0.25) is 0 Å². The maximum atomic E-state index is 12.6. The molecule has 0 radical (unpaired) electrons. The molecule has 0 saturated heterocycles. The van der Waals surface area contributed by atoms with Gasteiger partial charge in [-0.1, -0.05) is 38.1 Å². The van der Waals surface area contributed by atoms with E-state index in [0.29, 0.717) is 10.6 Å². The standard InChI is InChI=1S/C21H26N2O4S/c1-12(2)17(22-20(25)16-10-7-11-28-16)21(26)27-15(5)19(24)23-18-13(3)8-6-9-14(18)4/h6-12,15,17H,1-5H3,(H,22,25)(H,23,24)/t15-,17-/m0/s1. The lowest BCUT2D eigenvalue weighted by atomic mass is 10.0. The third-order valence-electron chi connectivity index (χ3n) is 4.34. The molecule has 28 heavy (non-hydrogen) atoms. The molecule has 2 amide bonds. The molecule has 1 aromatic heterocycles. The van der Waals surface area contributed by atoms with Crippen LogP contribution in [-0.4, -0.2) is 29.9 Å². The van der Waals surface area contributed by atoms with Crippen molar-refractivity contribution < 1.29 is 19.1 Å². The molecule has 6 nitrogen and oxygen atoms in total. The summed E-state index contributed by atoms with van der Waals surface area (Å²) in [5.41, 5.74) is 2.56. The fourth-order valence-electron chi connectivity index (χ4n) is 2.66. The molecule has 0 aliphatic heterocycles. The number of aryl methyl sites for hydroxylation is 2. The summed E-state index contributed by atoms with van der Waals surface area (Å²) in [6.45, 7) is 8.92. The van der Waals surface area contributed by atoms with Crippen molar-refractivity contribution in [3.05, 3.63) is 51.7 Å². The lowest BCUT2D eigenvalue weighted by Gasteiger charge is -2.23. The normalized spacial score (nSPS) is 12.9. The lowest BCUT2D eigenvalue weighted by Crippen LogP contribution is -2.47. The van der Waals surface area contributed by atoms with Crippen LogP contribution in [0, 0.1) is 19.8 Å². The van der Waals surface area contributed by atoms with Crippen LogP contribution < -0.4 is 10.6 Å². The number of para-hydroxylation sites is 1. The molecule has 0 spiro atoms. The molecule has 2 aromatic rings. The third kappa shape index (κ3) is 5.42. The Balaban J connectivity index is 2.01. The molecule has 7 heteroatoms. The fourth-order valence-corrected chi connectivity index (χ4v) is 3.28. The van der Waals surface area contributed by atoms with Crippen LogP contribution in [0.3, 0.4) is 0 Å². The summed E-state index contributed by atoms with van der Waals surface area (Å²) in [6.07, 6.45) is -0.994. The first-order valence-electron chi connectivity index (χ1n) is 9.12. The van der Waals surface area contributed by atoms with Crippen LogP contribution in [0.15, 0.2) is 35.7 Å². The second kappa shape index (κ2) is 9.50. The summed E-state index contributed by atoms with van der Waals surface area (Å²) in [5, 5.41) is 7.30. The van der Waals surface area contributed by atoms with Crippen LogP contribution in [-0.2, 0) is 14.3 Å². The van der Waals surface area contributed by atoms with Gasteiger partial charge in [0.2, 0.25) is 0 Å². The van der Waals surface area contributed by atoms with Crippen molar-refractivity contribution in [3.8, 4) is 0 Å². The van der Waals surface area contributed by atoms with E-state index in [1.165, 1.54) is 18.3 Å². The molecular weight excluding hydrogens is 376 g/mol. The molecular formula is C21H26N2O4S. The van der Waals surface area contributed by atoms with Gasteiger partial charge in [0, 0.05) is 5.69 Å². The largest absolute Gasteiger partial charge is 0.451 e. The van der Waals surface area contributed by atoms with Crippen molar-refractivity contribution in [2.45, 2.75) is 46.8 Å². The van der Waals surface area contributed by atoms with E-state index in [9.17, 15) is 14.4 Å². The van der Waals surface area contributed by atoms with E-state index < -0.39 is 24.0 Å². The van der Waals surface area contributed by atoms with E-state index in [4.69, 9.17) is 4.74 Å². The van der Waals surface area contributed by atoms with Gasteiger partial charge in [-0.3, -0.25) is 9.59 Å². The highest BCUT2D eigenvalue weighted by molar-refractivity contribution is 7.12. The summed E-state index contributed by atoms with van der Waals surface area (Å²) in [5.74, 6) is -1.58. The predicted molar refractivity (Wildman–Crippen MR) is 111 cm³/mol. The number of benzene rings is 1. The first-order valence-corrected chi connectivity index (χ1v) is 10.0. The number of esters is 1. The van der Waals surface area contributed by atoms with Gasteiger partial charge in [-0.2, -0.15) is 0 Å². The summed E-state index contributed by atoms with van der Waals surface area (Å²) in [6, 6.07) is 8.31. The monoisotopic (exact) mass is 402 g/mol. The van der Waals surface area contributed by atoms with Gasteiger partial charge in [0.05, 0.1) is 4.88 Å². The second-order valence-corrected chi connectivity index (χ2v) is 7.96. The average molecular weight is 403 g/mol. The van der Waals surface area contributed by atoms with Gasteiger partial charge in [0.15, 0.2) is 6.10 Å². The number of hydrogen-bond donors (Lipinski definition) is 2. The maximum absolute atomic E-state index is 12.6. The Hall–Kier alpha value is -2.67. The Labute approximate surface area is 169 Å². The molecule has 0 bridgehead atoms. The van der Waals surface area contributed by atoms with Crippen LogP contribution in [0.4, 0.5) is 5.69 Å². The highest BCUT2D eigenvalue weighted by atomic mass is 32.1. The fraction of sp³-hybridized carbons (Fsp3) is 0.381. The second-order valence-electron chi connectivity index (χ2n) is 7.01. The van der Waals surface area contributed by atoms with E-state index in [1.54, 1.807) is 17.5 Å². The summed E-state index contributed by atoms with van der Waals surface area (Å²) < 4.78 is 5.34. The number of rotatable bonds is 7. The van der Waals surface area contributed by atoms with Gasteiger partial charge in [-0.15, -0.1) is 11.3 Å². The zero-order chi connectivity index (χ0) is 20.8. The first kappa shape index (κ1) is 21.6. The summed E-state index contributed by atoms with van der Waals surface area (Å²) in [4.78, 5) is 37.8. The number of hydrogen-bond acceptors (Lipinski definition) is 5. The Morgan fingerprint density at radius 3 is 2.18 bits per heavy atom. The number of amides is 2. The molecule has 0 aliphatic rings. The van der Waals surface area contributed by atoms with E-state index in [2.05, 4.69) is 10.6 Å². The zero-order valence-corrected chi connectivity index (χ0v) is 17.6. The number of nitrogens with one attached hydrogen (secondary N) is 2. The van der Waals surface area contributed by atoms with Crippen molar-refractivity contribution in [3.63, 3.8) is 0 Å². The predicted octanol–water partition coefficient (Wildman–Crippen LogP) is 3.69. The number of anilines is 1. The quantitative estimate of drug-likeness (QED) is 0.692. The number of thiophene rings is 1. The van der Waals surface area contributed by atoms with Crippen molar-refractivity contribution in [2.24, 2.45) is 5.92 Å². The van der Waals surface area contributed by atoms with Gasteiger partial charge < -0.3 is 15.4 Å². The molecule has 1 aromatic carbocycles. The van der Waals surface area contributed by atoms with Crippen molar-refractivity contribution >= 4 is 34.8 Å². The highest BCUT2D eigenvalue weighted by Crippen LogP contribution is 2.20. The molecule has 1 heterocycles. The highest BCUT2D eigenvalue weighted by Gasteiger charge is 2.29. The smallest absolute Gasteiger partial charge is 0.329 e. The van der Waals surface area contributed by atoms with E-state index >= 15 is 0 Å². The van der Waals surface area contributed by atoms with Gasteiger partial charge in [-0.05, 0) is 49.3 Å². The summed E-state index contributed by atoms with van der Waals surface area (Å²) >= 11 is 1.29. The molecule has 0 unspecified atom stereocenters. The molecule has 2 N–H and O–H groups in total. The van der Waals surface area contributed by atoms with Crippen LogP contribution in [0.1, 0.15) is 41.6 Å². The minimum absolute atomic E-state index is 0.190. The van der Waals surface area contributed by atoms with Gasteiger partial charge in [0.25, 0.3) is 11.8 Å². The maximum Gasteiger partial charge on any atom is 0.329 e. The number of carbonyl (C=O) groups excluding carboxylic acids is 3. The molecule has 0 aliphatic carbocycles. The molecule has 0 saturated carbocycles. The number of ether oxygens (including phenoxy) is 1. The van der Waals surface area contributed by atoms with Crippen LogP contribution in [0.25, 0.3) is 0 Å². The Kier molecular flexibility index (Phi) is 7.34. The first-order chi connectivity index (χ1) is 13.2. The van der Waals surface area contributed by atoms with Crippen molar-refractivity contribution in [2.75, 3.05) is 5.32 Å². The van der Waals surface area contributed by atoms with Gasteiger partial charge in [0.1, 0.15) is 6.04 Å². The number of carbonyl (C=O) groups is 3. The Morgan fingerprint density at radius 1 is 1.00 bits per heavy atom. The summed E-state index contributed by atoms with van der Waals surface area (Å²) in [7, 11) is 0. The van der Waals surface area contributed by atoms with Gasteiger partial charge >= 0.3 is 5.97 Å². The van der Waals surface area contributed by atoms with Crippen molar-refractivity contribution in [1.82, 2.24) is 5.32 Å². The van der Waals surface area contributed by atoms with E-state index in [1.807, 2.05) is 45.9 Å². The molecule has 150 valence electrons. The van der Waals surface area contributed by atoms with Gasteiger partial charge in [-0.25, -0.2) is 4.79 Å². The van der Waals surface area contributed by atoms with E-state index in [-0.39, 0.29) is 11.8 Å². The van der Waals surface area contributed by atoms with Crippen LogP contribution in [0.5, 0.6) is 0 Å². The third-order valence-corrected chi connectivity index (χ3v) is 5.21. The topological polar surface area (TPSA) is 84.5 Å². The Morgan fingerprint density at radius 2 is 1.64 bits per heavy atom. The lowest BCUT2D eigenvalue weighted by molar-refractivity contribution is -0.156. The zero-order valence-electron chi connectivity index (χ0n) is 16.7. The molecule has 0 fully saturated rings.